The van der Waals surface area contributed by atoms with Crippen LogP contribution < -0.4 is 15.0 Å². The monoisotopic (exact) mass is 349 g/mol. The second kappa shape index (κ2) is 6.96. The van der Waals surface area contributed by atoms with Crippen LogP contribution in [-0.4, -0.2) is 30.5 Å². The van der Waals surface area contributed by atoms with E-state index < -0.39 is 5.82 Å². The minimum Gasteiger partial charge on any atom is -0.494 e. The number of halogens is 1. The fourth-order valence-corrected chi connectivity index (χ4v) is 3.35. The third-order valence-electron chi connectivity index (χ3n) is 3.62. The van der Waals surface area contributed by atoms with Crippen molar-refractivity contribution < 1.29 is 18.7 Å². The highest BCUT2D eigenvalue weighted by Crippen LogP contribution is 2.27. The maximum absolute atomic E-state index is 13.2. The molecule has 1 fully saturated rings. The number of amides is 2. The maximum atomic E-state index is 13.2. The molecular weight excluding hydrogens is 333 g/mol. The van der Waals surface area contributed by atoms with Gasteiger partial charge in [-0.05, 0) is 18.6 Å². The van der Waals surface area contributed by atoms with E-state index in [0.29, 0.717) is 29.5 Å². The van der Waals surface area contributed by atoms with Crippen LogP contribution in [0.5, 0.6) is 5.75 Å². The zero-order valence-electron chi connectivity index (χ0n) is 13.0. The first kappa shape index (κ1) is 16.4. The van der Waals surface area contributed by atoms with Crippen LogP contribution in [0, 0.1) is 5.82 Å². The number of nitrogens with zero attached hydrogens (tertiary/aromatic N) is 2. The Bertz CT molecular complexity index is 778. The van der Waals surface area contributed by atoms with Crippen molar-refractivity contribution in [2.24, 2.45) is 0 Å². The van der Waals surface area contributed by atoms with Gasteiger partial charge in [-0.3, -0.25) is 14.5 Å². The highest BCUT2D eigenvalue weighted by atomic mass is 32.1. The number of rotatable bonds is 5. The van der Waals surface area contributed by atoms with E-state index in [2.05, 4.69) is 10.3 Å². The van der Waals surface area contributed by atoms with Gasteiger partial charge in [0.05, 0.1) is 24.9 Å². The number of aromatic nitrogens is 1. The molecule has 1 aliphatic heterocycles. The number of carbonyl (C=O) groups is 2. The van der Waals surface area contributed by atoms with Crippen molar-refractivity contribution in [3.8, 4) is 5.75 Å². The number of anilines is 2. The van der Waals surface area contributed by atoms with E-state index in [1.165, 1.54) is 36.6 Å². The van der Waals surface area contributed by atoms with Crippen molar-refractivity contribution in [1.29, 1.82) is 0 Å². The molecule has 2 heterocycles. The second-order valence-corrected chi connectivity index (χ2v) is 6.18. The van der Waals surface area contributed by atoms with Crippen LogP contribution in [-0.2, 0) is 16.0 Å². The second-order valence-electron chi connectivity index (χ2n) is 5.34. The Morgan fingerprint density at radius 2 is 2.33 bits per heavy atom. The maximum Gasteiger partial charge on any atom is 0.230 e. The van der Waals surface area contributed by atoms with Crippen LogP contribution in [0.1, 0.15) is 18.5 Å². The molecule has 0 bridgehead atoms. The van der Waals surface area contributed by atoms with E-state index >= 15 is 0 Å². The largest absolute Gasteiger partial charge is 0.494 e. The van der Waals surface area contributed by atoms with Crippen molar-refractivity contribution in [2.45, 2.75) is 19.3 Å². The van der Waals surface area contributed by atoms with Gasteiger partial charge in [-0.1, -0.05) is 0 Å². The van der Waals surface area contributed by atoms with Gasteiger partial charge in [-0.15, -0.1) is 11.3 Å². The molecule has 2 amide bonds. The fourth-order valence-electron chi connectivity index (χ4n) is 2.48. The Labute approximate surface area is 142 Å². The van der Waals surface area contributed by atoms with Crippen molar-refractivity contribution in [1.82, 2.24) is 4.98 Å². The third-order valence-corrected chi connectivity index (χ3v) is 4.54. The lowest BCUT2D eigenvalue weighted by Crippen LogP contribution is -2.23. The van der Waals surface area contributed by atoms with Crippen molar-refractivity contribution in [3.05, 3.63) is 35.1 Å². The van der Waals surface area contributed by atoms with E-state index in [4.69, 9.17) is 4.74 Å². The number of nitrogens with one attached hydrogen (secondary N) is 1. The van der Waals surface area contributed by atoms with Gasteiger partial charge in [0.2, 0.25) is 11.8 Å². The summed E-state index contributed by atoms with van der Waals surface area (Å²) in [5.41, 5.74) is 0.988. The first-order valence-electron chi connectivity index (χ1n) is 7.45. The standard InChI is InChI=1S/C16H16FN3O3S/c1-23-13-7-10(17)4-5-12(13)19-14(21)8-11-9-24-16(18-11)20-6-2-3-15(20)22/h4-5,7,9H,2-3,6,8H2,1H3,(H,19,21). The lowest BCUT2D eigenvalue weighted by Gasteiger charge is -2.10. The number of hydrogen-bond donors (Lipinski definition) is 1. The molecule has 2 aromatic rings. The number of methoxy groups -OCH3 is 1. The van der Waals surface area contributed by atoms with E-state index in [1.54, 1.807) is 10.3 Å². The molecule has 8 heteroatoms. The summed E-state index contributed by atoms with van der Waals surface area (Å²) in [6, 6.07) is 3.90. The Balaban J connectivity index is 1.65. The summed E-state index contributed by atoms with van der Waals surface area (Å²) in [6.07, 6.45) is 1.44. The molecule has 1 aliphatic rings. The van der Waals surface area contributed by atoms with Crippen LogP contribution in [0.25, 0.3) is 0 Å². The topological polar surface area (TPSA) is 71.5 Å². The number of carbonyl (C=O) groups excluding carboxylic acids is 2. The van der Waals surface area contributed by atoms with Crippen LogP contribution in [0.4, 0.5) is 15.2 Å². The first-order chi connectivity index (χ1) is 11.6. The van der Waals surface area contributed by atoms with E-state index in [1.807, 2.05) is 0 Å². The van der Waals surface area contributed by atoms with Crippen molar-refractivity contribution >= 4 is 34.0 Å². The number of thiazole rings is 1. The predicted octanol–water partition coefficient (Wildman–Crippen LogP) is 2.60. The van der Waals surface area contributed by atoms with E-state index in [-0.39, 0.29) is 24.0 Å². The van der Waals surface area contributed by atoms with Crippen molar-refractivity contribution in [3.63, 3.8) is 0 Å². The van der Waals surface area contributed by atoms with Gasteiger partial charge < -0.3 is 10.1 Å². The number of hydrogen-bond acceptors (Lipinski definition) is 5. The van der Waals surface area contributed by atoms with Crippen LogP contribution in [0.2, 0.25) is 0 Å². The summed E-state index contributed by atoms with van der Waals surface area (Å²) in [5, 5.41) is 5.07. The first-order valence-corrected chi connectivity index (χ1v) is 8.33. The highest BCUT2D eigenvalue weighted by molar-refractivity contribution is 7.14. The molecule has 126 valence electrons. The summed E-state index contributed by atoms with van der Waals surface area (Å²) >= 11 is 1.35. The van der Waals surface area contributed by atoms with Gasteiger partial charge in [-0.25, -0.2) is 9.37 Å². The molecule has 0 unspecified atom stereocenters. The van der Waals surface area contributed by atoms with Crippen LogP contribution in [0.3, 0.4) is 0 Å². The van der Waals surface area contributed by atoms with Crippen LogP contribution >= 0.6 is 11.3 Å². The molecule has 0 spiro atoms. The van der Waals surface area contributed by atoms with Gasteiger partial charge >= 0.3 is 0 Å². The summed E-state index contributed by atoms with van der Waals surface area (Å²) in [6.45, 7) is 0.671. The molecule has 0 atom stereocenters. The molecule has 1 aromatic carbocycles. The molecule has 6 nitrogen and oxygen atoms in total. The van der Waals surface area contributed by atoms with Gasteiger partial charge in [0.25, 0.3) is 0 Å². The SMILES string of the molecule is COc1cc(F)ccc1NC(=O)Cc1csc(N2CCCC2=O)n1. The average Bonchev–Trinajstić information content (AvgIpc) is 3.17. The predicted molar refractivity (Wildman–Crippen MR) is 89.0 cm³/mol. The Hall–Kier alpha value is -2.48. The van der Waals surface area contributed by atoms with Gasteiger partial charge in [0.15, 0.2) is 5.13 Å². The summed E-state index contributed by atoms with van der Waals surface area (Å²) < 4.78 is 18.2. The molecule has 1 saturated heterocycles. The smallest absolute Gasteiger partial charge is 0.230 e. The molecule has 3 rings (SSSR count). The molecule has 24 heavy (non-hydrogen) atoms. The summed E-state index contributed by atoms with van der Waals surface area (Å²) in [5.74, 6) is -0.407. The molecule has 0 saturated carbocycles. The molecule has 1 N–H and O–H groups in total. The normalized spacial score (nSPS) is 14.1. The van der Waals surface area contributed by atoms with Gasteiger partial charge in [0, 0.05) is 24.4 Å². The zero-order valence-corrected chi connectivity index (χ0v) is 13.9. The minimum atomic E-state index is -0.440. The Kier molecular flexibility index (Phi) is 4.75. The Morgan fingerprint density at radius 1 is 1.50 bits per heavy atom. The van der Waals surface area contributed by atoms with Crippen molar-refractivity contribution in [2.75, 3.05) is 23.9 Å². The number of ether oxygens (including phenoxy) is 1. The molecule has 0 aliphatic carbocycles. The van der Waals surface area contributed by atoms with Gasteiger partial charge in [0.1, 0.15) is 11.6 Å². The summed E-state index contributed by atoms with van der Waals surface area (Å²) in [7, 11) is 1.41. The zero-order chi connectivity index (χ0) is 17.1. The third kappa shape index (κ3) is 3.53. The van der Waals surface area contributed by atoms with Crippen LogP contribution in [0.15, 0.2) is 23.6 Å². The lowest BCUT2D eigenvalue weighted by molar-refractivity contribution is -0.117. The molecular formula is C16H16FN3O3S. The van der Waals surface area contributed by atoms with Gasteiger partial charge in [-0.2, -0.15) is 0 Å². The quantitative estimate of drug-likeness (QED) is 0.901. The Morgan fingerprint density at radius 3 is 3.04 bits per heavy atom. The number of benzene rings is 1. The van der Waals surface area contributed by atoms with E-state index in [9.17, 15) is 14.0 Å². The highest BCUT2D eigenvalue weighted by Gasteiger charge is 2.24. The molecule has 0 radical (unpaired) electrons. The average molecular weight is 349 g/mol. The minimum absolute atomic E-state index is 0.0661. The lowest BCUT2D eigenvalue weighted by atomic mass is 10.2. The summed E-state index contributed by atoms with van der Waals surface area (Å²) in [4.78, 5) is 29.9. The molecule has 1 aromatic heterocycles. The van der Waals surface area contributed by atoms with E-state index in [0.717, 1.165) is 6.42 Å². The fraction of sp³-hybridized carbons (Fsp3) is 0.312.